The fraction of sp³-hybridized carbons (Fsp3) is 0.286. The molecule has 1 aromatic heterocycles. The second kappa shape index (κ2) is 6.75. The first kappa shape index (κ1) is 16.5. The average Bonchev–Trinajstić information content (AvgIpc) is 2.69. The van der Waals surface area contributed by atoms with E-state index in [0.29, 0.717) is 29.7 Å². The molecule has 1 aliphatic heterocycles. The molecule has 0 aliphatic carbocycles. The summed E-state index contributed by atoms with van der Waals surface area (Å²) in [5.41, 5.74) is 2.68. The normalized spacial score (nSPS) is 13.7. The summed E-state index contributed by atoms with van der Waals surface area (Å²) in [4.78, 5) is 32.3. The second-order valence-corrected chi connectivity index (χ2v) is 6.57. The van der Waals surface area contributed by atoms with Gasteiger partial charge in [0.2, 0.25) is 5.91 Å². The van der Waals surface area contributed by atoms with Crippen LogP contribution in [0.25, 0.3) is 10.9 Å². The van der Waals surface area contributed by atoms with Crippen LogP contribution in [0.4, 0.5) is 5.69 Å². The van der Waals surface area contributed by atoms with Crippen molar-refractivity contribution >= 4 is 22.5 Å². The first-order chi connectivity index (χ1) is 12.7. The molecule has 0 N–H and O–H groups in total. The number of aryl methyl sites for hydroxylation is 2. The number of rotatable bonds is 3. The molecule has 5 heteroatoms. The molecule has 5 nitrogen and oxygen atoms in total. The van der Waals surface area contributed by atoms with Crippen molar-refractivity contribution in [2.24, 2.45) is 0 Å². The van der Waals surface area contributed by atoms with Crippen LogP contribution >= 0.6 is 0 Å². The van der Waals surface area contributed by atoms with Crippen molar-refractivity contribution in [3.63, 3.8) is 0 Å². The van der Waals surface area contributed by atoms with Crippen molar-refractivity contribution in [1.82, 2.24) is 9.55 Å². The number of para-hydroxylation sites is 2. The van der Waals surface area contributed by atoms with E-state index in [0.717, 1.165) is 18.5 Å². The van der Waals surface area contributed by atoms with E-state index in [1.807, 2.05) is 43.3 Å². The number of anilines is 1. The molecule has 132 valence electrons. The molecule has 0 bridgehead atoms. The number of hydrogen-bond donors (Lipinski definition) is 0. The fourth-order valence-electron chi connectivity index (χ4n) is 3.66. The summed E-state index contributed by atoms with van der Waals surface area (Å²) in [6.45, 7) is 2.66. The molecule has 1 amide bonds. The highest BCUT2D eigenvalue weighted by Crippen LogP contribution is 2.26. The van der Waals surface area contributed by atoms with Gasteiger partial charge in [-0.3, -0.25) is 14.2 Å². The van der Waals surface area contributed by atoms with Crippen LogP contribution in [0, 0.1) is 0 Å². The topological polar surface area (TPSA) is 55.2 Å². The Bertz CT molecular complexity index is 1040. The molecule has 4 rings (SSSR count). The SMILES string of the molecule is CCc1nc2ccccc2c(=O)n1CC(=O)N1CCCc2ccccc21. The van der Waals surface area contributed by atoms with E-state index in [9.17, 15) is 9.59 Å². The predicted octanol–water partition coefficient (Wildman–Crippen LogP) is 2.94. The molecule has 26 heavy (non-hydrogen) atoms. The Morgan fingerprint density at radius 3 is 2.73 bits per heavy atom. The lowest BCUT2D eigenvalue weighted by Gasteiger charge is -2.30. The third-order valence-corrected chi connectivity index (χ3v) is 4.96. The van der Waals surface area contributed by atoms with Crippen molar-refractivity contribution < 1.29 is 4.79 Å². The molecule has 0 unspecified atom stereocenters. The number of carbonyl (C=O) groups is 1. The van der Waals surface area contributed by atoms with E-state index in [2.05, 4.69) is 11.1 Å². The number of carbonyl (C=O) groups excluding carboxylic acids is 1. The van der Waals surface area contributed by atoms with Gasteiger partial charge in [-0.05, 0) is 36.6 Å². The first-order valence-corrected chi connectivity index (χ1v) is 9.05. The number of hydrogen-bond acceptors (Lipinski definition) is 3. The van der Waals surface area contributed by atoms with Gasteiger partial charge in [0.1, 0.15) is 12.4 Å². The number of nitrogens with zero attached hydrogens (tertiary/aromatic N) is 3. The first-order valence-electron chi connectivity index (χ1n) is 9.05. The Labute approximate surface area is 151 Å². The van der Waals surface area contributed by atoms with Crippen molar-refractivity contribution in [1.29, 1.82) is 0 Å². The van der Waals surface area contributed by atoms with Gasteiger partial charge in [-0.15, -0.1) is 0 Å². The number of amides is 1. The lowest BCUT2D eigenvalue weighted by Crippen LogP contribution is -2.40. The summed E-state index contributed by atoms with van der Waals surface area (Å²) in [6.07, 6.45) is 2.52. The minimum Gasteiger partial charge on any atom is -0.311 e. The van der Waals surface area contributed by atoms with Gasteiger partial charge in [-0.2, -0.15) is 0 Å². The lowest BCUT2D eigenvalue weighted by molar-refractivity contribution is -0.119. The maximum absolute atomic E-state index is 13.0. The molecule has 0 fully saturated rings. The van der Waals surface area contributed by atoms with Gasteiger partial charge in [-0.1, -0.05) is 37.3 Å². The molecule has 0 radical (unpaired) electrons. The maximum atomic E-state index is 13.0. The monoisotopic (exact) mass is 347 g/mol. The van der Waals surface area contributed by atoms with Crippen LogP contribution in [0.1, 0.15) is 24.7 Å². The smallest absolute Gasteiger partial charge is 0.261 e. The molecular formula is C21H21N3O2. The van der Waals surface area contributed by atoms with E-state index < -0.39 is 0 Å². The van der Waals surface area contributed by atoms with Gasteiger partial charge in [0.05, 0.1) is 10.9 Å². The third-order valence-electron chi connectivity index (χ3n) is 4.96. The average molecular weight is 347 g/mol. The molecule has 0 saturated heterocycles. The number of aromatic nitrogens is 2. The van der Waals surface area contributed by atoms with Gasteiger partial charge in [0.25, 0.3) is 5.56 Å². The number of fused-ring (bicyclic) bond motifs is 2. The largest absolute Gasteiger partial charge is 0.311 e. The van der Waals surface area contributed by atoms with Crippen LogP contribution in [0.5, 0.6) is 0 Å². The Balaban J connectivity index is 1.73. The maximum Gasteiger partial charge on any atom is 0.261 e. The Kier molecular flexibility index (Phi) is 4.29. The standard InChI is InChI=1S/C21H21N3O2/c1-2-19-22-17-11-5-4-10-16(17)21(26)24(19)14-20(25)23-13-7-9-15-8-3-6-12-18(15)23/h3-6,8,10-12H,2,7,9,13-14H2,1H3. The number of benzene rings is 2. The van der Waals surface area contributed by atoms with E-state index >= 15 is 0 Å². The highest BCUT2D eigenvalue weighted by molar-refractivity contribution is 5.94. The molecule has 0 spiro atoms. The summed E-state index contributed by atoms with van der Waals surface area (Å²) in [6, 6.07) is 15.3. The summed E-state index contributed by atoms with van der Waals surface area (Å²) < 4.78 is 1.53. The van der Waals surface area contributed by atoms with Gasteiger partial charge in [0, 0.05) is 18.7 Å². The van der Waals surface area contributed by atoms with E-state index in [4.69, 9.17) is 0 Å². The van der Waals surface area contributed by atoms with E-state index in [1.165, 1.54) is 10.1 Å². The van der Waals surface area contributed by atoms with Gasteiger partial charge in [0.15, 0.2) is 0 Å². The summed E-state index contributed by atoms with van der Waals surface area (Å²) in [5, 5.41) is 0.552. The Morgan fingerprint density at radius 1 is 1.12 bits per heavy atom. The van der Waals surface area contributed by atoms with Crippen molar-refractivity contribution in [3.8, 4) is 0 Å². The van der Waals surface area contributed by atoms with Crippen LogP contribution in [0.2, 0.25) is 0 Å². The van der Waals surface area contributed by atoms with Crippen molar-refractivity contribution in [2.75, 3.05) is 11.4 Å². The van der Waals surface area contributed by atoms with Gasteiger partial charge >= 0.3 is 0 Å². The van der Waals surface area contributed by atoms with E-state index in [-0.39, 0.29) is 18.0 Å². The minimum atomic E-state index is -0.147. The summed E-state index contributed by atoms with van der Waals surface area (Å²) in [5.74, 6) is 0.582. The molecule has 3 aromatic rings. The Hall–Kier alpha value is -2.95. The molecule has 0 saturated carbocycles. The molecular weight excluding hydrogens is 326 g/mol. The van der Waals surface area contributed by atoms with Crippen LogP contribution in [-0.4, -0.2) is 22.0 Å². The van der Waals surface area contributed by atoms with Crippen LogP contribution < -0.4 is 10.5 Å². The highest BCUT2D eigenvalue weighted by atomic mass is 16.2. The molecule has 0 atom stereocenters. The fourth-order valence-corrected chi connectivity index (χ4v) is 3.66. The summed E-state index contributed by atoms with van der Waals surface area (Å²) >= 11 is 0. The Morgan fingerprint density at radius 2 is 1.88 bits per heavy atom. The van der Waals surface area contributed by atoms with Crippen molar-refractivity contribution in [2.45, 2.75) is 32.7 Å². The van der Waals surface area contributed by atoms with Crippen LogP contribution in [0.15, 0.2) is 53.3 Å². The molecule has 2 aromatic carbocycles. The van der Waals surface area contributed by atoms with Crippen LogP contribution in [-0.2, 0) is 24.2 Å². The zero-order chi connectivity index (χ0) is 18.1. The minimum absolute atomic E-state index is 0.0220. The zero-order valence-corrected chi connectivity index (χ0v) is 14.8. The molecule has 1 aliphatic rings. The molecule has 2 heterocycles. The second-order valence-electron chi connectivity index (χ2n) is 6.57. The van der Waals surface area contributed by atoms with E-state index in [1.54, 1.807) is 11.0 Å². The summed E-state index contributed by atoms with van der Waals surface area (Å²) in [7, 11) is 0. The van der Waals surface area contributed by atoms with Gasteiger partial charge in [-0.25, -0.2) is 4.98 Å². The van der Waals surface area contributed by atoms with Crippen LogP contribution in [0.3, 0.4) is 0 Å². The zero-order valence-electron chi connectivity index (χ0n) is 14.8. The lowest BCUT2D eigenvalue weighted by atomic mass is 10.0. The van der Waals surface area contributed by atoms with Gasteiger partial charge < -0.3 is 4.90 Å². The van der Waals surface area contributed by atoms with Crippen molar-refractivity contribution in [3.05, 3.63) is 70.3 Å². The quantitative estimate of drug-likeness (QED) is 0.732. The predicted molar refractivity (Wildman–Crippen MR) is 102 cm³/mol. The highest BCUT2D eigenvalue weighted by Gasteiger charge is 2.23. The third kappa shape index (κ3) is 2.79.